The van der Waals surface area contributed by atoms with Crippen LogP contribution < -0.4 is 5.32 Å². The number of hydrogen-bond acceptors (Lipinski definition) is 3. The summed E-state index contributed by atoms with van der Waals surface area (Å²) in [6, 6.07) is 20.9. The van der Waals surface area contributed by atoms with E-state index in [9.17, 15) is 4.79 Å². The van der Waals surface area contributed by atoms with Gasteiger partial charge in [0.25, 0.3) is 0 Å². The van der Waals surface area contributed by atoms with E-state index in [1.165, 1.54) is 11.3 Å². The number of imidazole rings is 1. The molecule has 1 amide bonds. The lowest BCUT2D eigenvalue weighted by Gasteiger charge is -2.12. The number of nitrogens with zero attached hydrogens (tertiary/aromatic N) is 2. The van der Waals surface area contributed by atoms with E-state index in [0.717, 1.165) is 49.3 Å². The van der Waals surface area contributed by atoms with Crippen LogP contribution in [-0.2, 0) is 11.3 Å². The maximum atomic E-state index is 11.5. The van der Waals surface area contributed by atoms with Crippen molar-refractivity contribution in [2.24, 2.45) is 0 Å². The Bertz CT molecular complexity index is 950. The molecule has 0 aliphatic rings. The molecule has 5 nitrogen and oxygen atoms in total. The summed E-state index contributed by atoms with van der Waals surface area (Å²) in [6.07, 6.45) is 3.79. The summed E-state index contributed by atoms with van der Waals surface area (Å²) in [5, 5.41) is 2.81. The van der Waals surface area contributed by atoms with Crippen molar-refractivity contribution in [2.45, 2.75) is 73.0 Å². The van der Waals surface area contributed by atoms with Gasteiger partial charge in [0.1, 0.15) is 5.82 Å². The molecule has 5 heteroatoms. The Hall–Kier alpha value is -3.08. The minimum atomic E-state index is -0.329. The lowest BCUT2D eigenvalue weighted by atomic mass is 10.0. The standard InChI is InChI=1S/C26H33N3O2.C2H6/c1-20(2)31-26(30)27-18-12-4-5-13-19-29-21(3)28-24(22-14-8-6-9-15-22)25(29)23-16-10-7-11-17-23;1-2/h6-11,14-17,20H,4-5,12-13,18-19H2,1-3H3,(H,27,30);1-2H3. The molecule has 0 fully saturated rings. The molecular formula is C28H39N3O2. The van der Waals surface area contributed by atoms with Crippen molar-refractivity contribution in [3.63, 3.8) is 0 Å². The first-order valence-electron chi connectivity index (χ1n) is 12.2. The van der Waals surface area contributed by atoms with Gasteiger partial charge in [-0.25, -0.2) is 9.78 Å². The fraction of sp³-hybridized carbons (Fsp3) is 0.429. The third-order valence-corrected chi connectivity index (χ3v) is 5.17. The van der Waals surface area contributed by atoms with Crippen LogP contribution in [0.1, 0.15) is 59.2 Å². The topological polar surface area (TPSA) is 56.2 Å². The smallest absolute Gasteiger partial charge is 0.407 e. The second kappa shape index (κ2) is 14.1. The summed E-state index contributed by atoms with van der Waals surface area (Å²) in [6.45, 7) is 11.4. The molecular weight excluding hydrogens is 410 g/mol. The van der Waals surface area contributed by atoms with Gasteiger partial charge >= 0.3 is 6.09 Å². The zero-order valence-electron chi connectivity index (χ0n) is 20.8. The molecule has 1 heterocycles. The molecule has 178 valence electrons. The predicted octanol–water partition coefficient (Wildman–Crippen LogP) is 7.25. The molecule has 0 saturated heterocycles. The maximum absolute atomic E-state index is 11.5. The monoisotopic (exact) mass is 449 g/mol. The van der Waals surface area contributed by atoms with Crippen molar-refractivity contribution >= 4 is 6.09 Å². The minimum absolute atomic E-state index is 0.0852. The summed E-state index contributed by atoms with van der Waals surface area (Å²) in [4.78, 5) is 16.4. The molecule has 3 aromatic rings. The van der Waals surface area contributed by atoms with Crippen molar-refractivity contribution in [3.8, 4) is 22.5 Å². The van der Waals surface area contributed by atoms with Gasteiger partial charge in [-0.3, -0.25) is 0 Å². The molecule has 3 rings (SSSR count). The normalized spacial score (nSPS) is 10.5. The van der Waals surface area contributed by atoms with E-state index in [2.05, 4.69) is 65.3 Å². The van der Waals surface area contributed by atoms with Crippen molar-refractivity contribution in [3.05, 3.63) is 66.5 Å². The molecule has 0 saturated carbocycles. The quantitative estimate of drug-likeness (QED) is 0.332. The summed E-state index contributed by atoms with van der Waals surface area (Å²) < 4.78 is 7.43. The number of rotatable bonds is 10. The van der Waals surface area contributed by atoms with Crippen LogP contribution in [0.4, 0.5) is 4.79 Å². The van der Waals surface area contributed by atoms with E-state index < -0.39 is 0 Å². The van der Waals surface area contributed by atoms with Crippen LogP contribution >= 0.6 is 0 Å². The van der Waals surface area contributed by atoms with Crippen molar-refractivity contribution in [2.75, 3.05) is 6.54 Å². The number of carbonyl (C=O) groups excluding carboxylic acids is 1. The number of aromatic nitrogens is 2. The molecule has 0 unspecified atom stereocenters. The molecule has 1 N–H and O–H groups in total. The highest BCUT2D eigenvalue weighted by Gasteiger charge is 2.17. The van der Waals surface area contributed by atoms with Gasteiger partial charge in [0.15, 0.2) is 0 Å². The van der Waals surface area contributed by atoms with Crippen LogP contribution in [0.15, 0.2) is 60.7 Å². The summed E-state index contributed by atoms with van der Waals surface area (Å²) >= 11 is 0. The maximum Gasteiger partial charge on any atom is 0.407 e. The number of unbranched alkanes of at least 4 members (excludes halogenated alkanes) is 3. The average Bonchev–Trinajstić information content (AvgIpc) is 3.16. The Morgan fingerprint density at radius 1 is 0.909 bits per heavy atom. The number of amides is 1. The number of hydrogen-bond donors (Lipinski definition) is 1. The van der Waals surface area contributed by atoms with E-state index in [1.54, 1.807) is 0 Å². The molecule has 0 spiro atoms. The summed E-state index contributed by atoms with van der Waals surface area (Å²) in [5.41, 5.74) is 4.55. The molecule has 33 heavy (non-hydrogen) atoms. The highest BCUT2D eigenvalue weighted by Crippen LogP contribution is 2.33. The van der Waals surface area contributed by atoms with Gasteiger partial charge in [-0.05, 0) is 33.6 Å². The van der Waals surface area contributed by atoms with E-state index >= 15 is 0 Å². The van der Waals surface area contributed by atoms with Crippen molar-refractivity contribution in [1.82, 2.24) is 14.9 Å². The molecule has 0 atom stereocenters. The van der Waals surface area contributed by atoms with Gasteiger partial charge in [0.2, 0.25) is 0 Å². The highest BCUT2D eigenvalue weighted by molar-refractivity contribution is 5.79. The number of carbonyl (C=O) groups is 1. The number of alkyl carbamates (subject to hydrolysis) is 1. The van der Waals surface area contributed by atoms with Crippen LogP contribution in [0.25, 0.3) is 22.5 Å². The predicted molar refractivity (Wildman–Crippen MR) is 137 cm³/mol. The Balaban J connectivity index is 0.00000187. The first-order chi connectivity index (χ1) is 16.1. The van der Waals surface area contributed by atoms with Crippen LogP contribution in [0.3, 0.4) is 0 Å². The van der Waals surface area contributed by atoms with Crippen LogP contribution in [0, 0.1) is 6.92 Å². The molecule has 0 bridgehead atoms. The third kappa shape index (κ3) is 8.08. The minimum Gasteiger partial charge on any atom is -0.447 e. The van der Waals surface area contributed by atoms with Crippen molar-refractivity contribution in [1.29, 1.82) is 0 Å². The molecule has 2 aromatic carbocycles. The first kappa shape index (κ1) is 26.2. The summed E-state index contributed by atoms with van der Waals surface area (Å²) in [5.74, 6) is 1.04. The van der Waals surface area contributed by atoms with E-state index in [4.69, 9.17) is 9.72 Å². The number of aryl methyl sites for hydroxylation is 1. The van der Waals surface area contributed by atoms with E-state index in [0.29, 0.717) is 6.54 Å². The average molecular weight is 450 g/mol. The largest absolute Gasteiger partial charge is 0.447 e. The van der Waals surface area contributed by atoms with E-state index in [1.807, 2.05) is 39.8 Å². The fourth-order valence-corrected chi connectivity index (χ4v) is 3.72. The Morgan fingerprint density at radius 3 is 2.09 bits per heavy atom. The fourth-order valence-electron chi connectivity index (χ4n) is 3.72. The second-order valence-corrected chi connectivity index (χ2v) is 8.03. The summed E-state index contributed by atoms with van der Waals surface area (Å²) in [7, 11) is 0. The number of nitrogens with one attached hydrogen (secondary N) is 1. The molecule has 0 radical (unpaired) electrons. The van der Waals surface area contributed by atoms with Gasteiger partial charge in [0.05, 0.1) is 17.5 Å². The van der Waals surface area contributed by atoms with Crippen LogP contribution in [0.5, 0.6) is 0 Å². The van der Waals surface area contributed by atoms with Gasteiger partial charge in [0, 0.05) is 24.2 Å². The Morgan fingerprint density at radius 2 is 1.48 bits per heavy atom. The van der Waals surface area contributed by atoms with E-state index in [-0.39, 0.29) is 12.2 Å². The lowest BCUT2D eigenvalue weighted by molar-refractivity contribution is 0.115. The molecule has 1 aromatic heterocycles. The van der Waals surface area contributed by atoms with Crippen molar-refractivity contribution < 1.29 is 9.53 Å². The number of ether oxygens (including phenoxy) is 1. The van der Waals surface area contributed by atoms with Gasteiger partial charge in [-0.2, -0.15) is 0 Å². The van der Waals surface area contributed by atoms with Gasteiger partial charge in [-0.15, -0.1) is 0 Å². The van der Waals surface area contributed by atoms with Gasteiger partial charge < -0.3 is 14.6 Å². The first-order valence-corrected chi connectivity index (χ1v) is 12.2. The second-order valence-electron chi connectivity index (χ2n) is 8.03. The zero-order chi connectivity index (χ0) is 24.1. The molecule has 0 aliphatic heterocycles. The molecule has 0 aliphatic carbocycles. The zero-order valence-corrected chi connectivity index (χ0v) is 20.8. The Labute approximate surface area is 199 Å². The number of benzene rings is 2. The Kier molecular flexibility index (Phi) is 11.2. The van der Waals surface area contributed by atoms with Crippen LogP contribution in [-0.4, -0.2) is 28.3 Å². The third-order valence-electron chi connectivity index (χ3n) is 5.17. The highest BCUT2D eigenvalue weighted by atomic mass is 16.6. The SMILES string of the molecule is CC.Cc1nc(-c2ccccc2)c(-c2ccccc2)n1CCCCCCNC(=O)OC(C)C. The lowest BCUT2D eigenvalue weighted by Crippen LogP contribution is -2.27. The van der Waals surface area contributed by atoms with Crippen LogP contribution in [0.2, 0.25) is 0 Å². The van der Waals surface area contributed by atoms with Gasteiger partial charge in [-0.1, -0.05) is 87.4 Å².